The summed E-state index contributed by atoms with van der Waals surface area (Å²) in [7, 11) is 1.71. The van der Waals surface area contributed by atoms with Crippen molar-refractivity contribution >= 4 is 28.5 Å². The molecule has 104 heavy (non-hydrogen) atoms. The van der Waals surface area contributed by atoms with Crippen LogP contribution in [0.5, 0.6) is 11.5 Å². The van der Waals surface area contributed by atoms with E-state index in [1.807, 2.05) is 92.8 Å². The summed E-state index contributed by atoms with van der Waals surface area (Å²) in [5.74, 6) is 2.39. The molecule has 10 rings (SSSR count). The summed E-state index contributed by atoms with van der Waals surface area (Å²) < 4.78 is 5.23. The number of hydrogen-bond donors (Lipinski definition) is 4. The fourth-order valence-electron chi connectivity index (χ4n) is 9.43. The smallest absolute Gasteiger partial charge is 0.187 e. The number of rotatable bonds is 3. The number of aromatic amines is 1. The molecule has 13 nitrogen and oxygen atoms in total. The normalized spacial score (nSPS) is 12.5. The predicted octanol–water partition coefficient (Wildman–Crippen LogP) is 23.1. The van der Waals surface area contributed by atoms with E-state index in [2.05, 4.69) is 304 Å². The maximum Gasteiger partial charge on any atom is 0.187 e. The highest BCUT2D eigenvalue weighted by molar-refractivity contribution is 7.07. The molecule has 0 aliphatic carbocycles. The molecule has 568 valence electrons. The lowest BCUT2D eigenvalue weighted by Gasteiger charge is -2.29. The number of benzene rings is 3. The van der Waals surface area contributed by atoms with Crippen molar-refractivity contribution in [3.05, 3.63) is 242 Å². The van der Waals surface area contributed by atoms with Crippen LogP contribution in [0.3, 0.4) is 0 Å². The predicted molar refractivity (Wildman–Crippen MR) is 448 cm³/mol. The SMILES string of the molecule is CC(C)(C)c1cc(N)ccn1.CC(C)(C)c1ccc(N2CCNCC2)nc1.CC(C)(C)c1ccc(O)cc1.CC(C)(C)c1cn[nH]c1.CC(C)(C)c1cscn1.COc1cc(C)cc(C(C)(C)C)c1.Cc1ccc(C(C)(C)C)cn1.Cc1ccc(CC(C)(C)C)cn1.[C-]#[N+]c1ccc(C(C)(C)C)cc1. The molecule has 0 atom stereocenters. The minimum atomic E-state index is 0.0926. The van der Waals surface area contributed by atoms with Gasteiger partial charge in [-0.3, -0.25) is 20.1 Å². The summed E-state index contributed by atoms with van der Waals surface area (Å²) in [6.45, 7) is 76.0. The average Bonchev–Trinajstić information content (AvgIpc) is 1.27. The first-order valence-electron chi connectivity index (χ1n) is 36.5. The minimum absolute atomic E-state index is 0.0926. The lowest BCUT2D eigenvalue weighted by molar-refractivity contribution is 0.410. The van der Waals surface area contributed by atoms with Crippen LogP contribution in [0, 0.1) is 32.8 Å². The van der Waals surface area contributed by atoms with E-state index in [4.69, 9.17) is 22.1 Å². The zero-order chi connectivity index (χ0) is 79.3. The Balaban J connectivity index is 0.000000399. The molecule has 0 spiro atoms. The number of nitrogens with two attached hydrogens (primary N) is 1. The Morgan fingerprint density at radius 2 is 0.962 bits per heavy atom. The van der Waals surface area contributed by atoms with Gasteiger partial charge in [0.05, 0.1) is 31.1 Å². The lowest BCUT2D eigenvalue weighted by atomic mass is 9.86. The van der Waals surface area contributed by atoms with Crippen molar-refractivity contribution in [2.75, 3.05) is 43.9 Å². The second-order valence-electron chi connectivity index (χ2n) is 36.2. The van der Waals surface area contributed by atoms with E-state index in [-0.39, 0.29) is 43.3 Å². The van der Waals surface area contributed by atoms with Gasteiger partial charge in [0.15, 0.2) is 5.69 Å². The van der Waals surface area contributed by atoms with E-state index in [0.717, 1.165) is 66.9 Å². The monoisotopic (exact) mass is 1430 g/mol. The molecule has 1 aliphatic rings. The number of aromatic nitrogens is 7. The van der Waals surface area contributed by atoms with Crippen LogP contribution in [0.25, 0.3) is 4.85 Å². The first-order chi connectivity index (χ1) is 47.7. The molecule has 5 N–H and O–H groups in total. The van der Waals surface area contributed by atoms with Crippen LogP contribution in [0.4, 0.5) is 17.2 Å². The van der Waals surface area contributed by atoms with Crippen molar-refractivity contribution in [3.63, 3.8) is 0 Å². The summed E-state index contributed by atoms with van der Waals surface area (Å²) in [4.78, 5) is 27.2. The molecule has 9 aromatic rings. The number of nitrogens with zero attached hydrogens (tertiary/aromatic N) is 8. The number of phenols is 1. The number of phenolic OH excluding ortho intramolecular Hbond substituents is 1. The second kappa shape index (κ2) is 40.9. The third kappa shape index (κ3) is 37.4. The summed E-state index contributed by atoms with van der Waals surface area (Å²) >= 11 is 1.66. The van der Waals surface area contributed by atoms with Crippen LogP contribution in [0.2, 0.25) is 0 Å². The van der Waals surface area contributed by atoms with Gasteiger partial charge in [-0.05, 0) is 164 Å². The molecule has 0 bridgehead atoms. The van der Waals surface area contributed by atoms with Gasteiger partial charge in [-0.2, -0.15) is 5.10 Å². The molecule has 1 aliphatic heterocycles. The number of ether oxygens (including phenoxy) is 1. The topological polar surface area (TPSA) is 168 Å². The number of nitrogen functional groups attached to an aromatic ring is 1. The average molecular weight is 1440 g/mol. The Morgan fingerprint density at radius 3 is 1.31 bits per heavy atom. The third-order valence-electron chi connectivity index (χ3n) is 16.4. The standard InChI is InChI=1S/C13H21N3.C12H18O.C11H13N.C11H17N.C10H15N.C10H14O.C9H14N2.C7H12N2.C7H11NS/c1-13(2,3)11-4-5-12(15-10-11)16-8-6-14-7-9-16;1-9-6-10(12(2,3)4)8-11(7-9)13-5;1-11(2,3)9-5-7-10(12-4)8-6-9;1-9-5-6-10(8-12-9)7-11(2,3)4;1-8-5-6-9(7-11-8)10(2,3)4;1-10(2,3)8-4-6-9(11)7-5-8;1-9(2,3)8-6-7(10)4-5-11-8;1-7(2,3)6-4-8-9-5-6;1-7(2,3)6-4-9-5-8-6/h4-5,10,14H,6-9H2,1-3H3;6-8H,1-5H3;5-8H,1-3H3;5-6,8H,7H2,1-4H3;5-7H,1-4H3;4-7,11H,1-3H3;4-6H,1-3H3,(H2,10,11);4-5H,1-3H3,(H,8,9);4-5H,1-3H3. The van der Waals surface area contributed by atoms with Gasteiger partial charge >= 0.3 is 0 Å². The highest BCUT2D eigenvalue weighted by Gasteiger charge is 2.21. The zero-order valence-electron chi connectivity index (χ0n) is 70.0. The van der Waals surface area contributed by atoms with E-state index in [9.17, 15) is 0 Å². The Morgan fingerprint density at radius 1 is 0.490 bits per heavy atom. The molecule has 0 saturated carbocycles. The van der Waals surface area contributed by atoms with Gasteiger partial charge in [0, 0.05) is 96.1 Å². The molecule has 0 unspecified atom stereocenters. The van der Waals surface area contributed by atoms with Crippen LogP contribution >= 0.6 is 11.3 Å². The fourth-order valence-corrected chi connectivity index (χ4v) is 10.2. The number of aromatic hydroxyl groups is 1. The minimum Gasteiger partial charge on any atom is -0.508 e. The molecule has 0 radical (unpaired) electrons. The number of anilines is 2. The largest absolute Gasteiger partial charge is 0.508 e. The van der Waals surface area contributed by atoms with Crippen LogP contribution < -0.4 is 20.7 Å². The highest BCUT2D eigenvalue weighted by Crippen LogP contribution is 2.30. The van der Waals surface area contributed by atoms with Crippen molar-refractivity contribution in [2.24, 2.45) is 5.41 Å². The molecule has 6 aromatic heterocycles. The fraction of sp³-hybridized carbons (Fsp3) is 0.500. The first kappa shape index (κ1) is 91.8. The maximum absolute atomic E-state index is 9.02. The zero-order valence-corrected chi connectivity index (χ0v) is 70.9. The number of piperazine rings is 1. The van der Waals surface area contributed by atoms with Gasteiger partial charge in [-0.1, -0.05) is 248 Å². The van der Waals surface area contributed by atoms with Crippen molar-refractivity contribution in [3.8, 4) is 11.5 Å². The molecular weight excluding hydrogens is 1300 g/mol. The quantitative estimate of drug-likeness (QED) is 0.124. The van der Waals surface area contributed by atoms with E-state index < -0.39 is 0 Å². The van der Waals surface area contributed by atoms with Crippen molar-refractivity contribution < 1.29 is 9.84 Å². The maximum atomic E-state index is 9.02. The van der Waals surface area contributed by atoms with E-state index in [0.29, 0.717) is 16.9 Å². The van der Waals surface area contributed by atoms with Crippen LogP contribution in [0.15, 0.2) is 163 Å². The molecular formula is C90H135N11O2S. The van der Waals surface area contributed by atoms with E-state index in [1.54, 1.807) is 42.8 Å². The Bertz CT molecular complexity index is 3740. The van der Waals surface area contributed by atoms with Crippen molar-refractivity contribution in [2.45, 2.75) is 257 Å². The Labute approximate surface area is 635 Å². The molecule has 7 heterocycles. The van der Waals surface area contributed by atoms with Crippen LogP contribution in [-0.2, 0) is 49.7 Å². The molecule has 0 amide bonds. The Hall–Kier alpha value is -8.25. The highest BCUT2D eigenvalue weighted by atomic mass is 32.1. The first-order valence-corrected chi connectivity index (χ1v) is 37.5. The van der Waals surface area contributed by atoms with E-state index >= 15 is 0 Å². The molecule has 3 aromatic carbocycles. The van der Waals surface area contributed by atoms with Gasteiger partial charge in [0.25, 0.3) is 0 Å². The number of aryl methyl sites for hydroxylation is 3. The molecule has 14 heteroatoms. The number of methoxy groups -OCH3 is 1. The number of hydrogen-bond acceptors (Lipinski definition) is 12. The number of H-pyrrole nitrogens is 1. The number of nitrogens with one attached hydrogen (secondary N) is 2. The van der Waals surface area contributed by atoms with Crippen molar-refractivity contribution in [1.82, 2.24) is 40.4 Å². The van der Waals surface area contributed by atoms with Gasteiger partial charge in [0.2, 0.25) is 0 Å². The van der Waals surface area contributed by atoms with Crippen molar-refractivity contribution in [1.29, 1.82) is 0 Å². The lowest BCUT2D eigenvalue weighted by Crippen LogP contribution is -2.43. The molecule has 1 fully saturated rings. The van der Waals surface area contributed by atoms with Gasteiger partial charge in [0.1, 0.15) is 17.3 Å². The van der Waals surface area contributed by atoms with Gasteiger partial charge in [-0.25, -0.2) is 14.8 Å². The number of pyridine rings is 4. The summed E-state index contributed by atoms with van der Waals surface area (Å²) in [5, 5.41) is 21.1. The third-order valence-corrected chi connectivity index (χ3v) is 17.0. The molecule has 1 saturated heterocycles. The van der Waals surface area contributed by atoms with Crippen LogP contribution in [0.1, 0.15) is 254 Å². The number of thiazole rings is 1. The Kier molecular flexibility index (Phi) is 36.1. The second-order valence-corrected chi connectivity index (χ2v) is 36.9. The summed E-state index contributed by atoms with van der Waals surface area (Å²) in [5.41, 5.74) is 25.5. The summed E-state index contributed by atoms with van der Waals surface area (Å²) in [6.07, 6.45) is 12.6. The van der Waals surface area contributed by atoms with Gasteiger partial charge in [-0.15, -0.1) is 11.3 Å². The van der Waals surface area contributed by atoms with E-state index in [1.165, 1.54) is 50.2 Å². The van der Waals surface area contributed by atoms with Gasteiger partial charge < -0.3 is 25.8 Å². The summed E-state index contributed by atoms with van der Waals surface area (Å²) in [6, 6.07) is 38.0. The van der Waals surface area contributed by atoms with Crippen LogP contribution in [-0.4, -0.2) is 73.5 Å².